The number of benzene rings is 1. The lowest BCUT2D eigenvalue weighted by atomic mass is 10.1. The Balaban J connectivity index is 1.89. The minimum Gasteiger partial charge on any atom is -0.366 e. The van der Waals surface area contributed by atoms with Crippen molar-refractivity contribution in [3.8, 4) is 6.07 Å². The predicted molar refractivity (Wildman–Crippen MR) is 71.5 cm³/mol. The minimum atomic E-state index is -0.462. The fraction of sp³-hybridized carbons (Fsp3) is 0.357. The first-order chi connectivity index (χ1) is 9.79. The van der Waals surface area contributed by atoms with Crippen LogP contribution in [0.2, 0.25) is 0 Å². The number of halogens is 1. The van der Waals surface area contributed by atoms with E-state index < -0.39 is 5.82 Å². The van der Waals surface area contributed by atoms with Gasteiger partial charge < -0.3 is 4.90 Å². The fourth-order valence-electron chi connectivity index (χ4n) is 2.75. The second-order valence-corrected chi connectivity index (χ2v) is 4.85. The summed E-state index contributed by atoms with van der Waals surface area (Å²) in [6.45, 7) is 1.53. The number of anilines is 1. The Bertz CT molecular complexity index is 632. The van der Waals surface area contributed by atoms with E-state index >= 15 is 0 Å². The molecule has 20 heavy (non-hydrogen) atoms. The van der Waals surface area contributed by atoms with E-state index in [0.29, 0.717) is 12.2 Å². The molecule has 1 aromatic carbocycles. The van der Waals surface area contributed by atoms with E-state index in [9.17, 15) is 4.39 Å². The Morgan fingerprint density at radius 1 is 1.45 bits per heavy atom. The number of aromatic nitrogens is 3. The quantitative estimate of drug-likeness (QED) is 0.856. The number of nitriles is 1. The van der Waals surface area contributed by atoms with Gasteiger partial charge in [-0.15, -0.1) is 0 Å². The average Bonchev–Trinajstić information content (AvgIpc) is 3.10. The lowest BCUT2D eigenvalue weighted by Gasteiger charge is -2.27. The van der Waals surface area contributed by atoms with Gasteiger partial charge in [-0.25, -0.2) is 9.37 Å². The topological polar surface area (TPSA) is 57.7 Å². The average molecular weight is 271 g/mol. The van der Waals surface area contributed by atoms with Gasteiger partial charge in [0.15, 0.2) is 0 Å². The van der Waals surface area contributed by atoms with Crippen LogP contribution in [0.5, 0.6) is 0 Å². The Morgan fingerprint density at radius 3 is 3.10 bits per heavy atom. The first-order valence-electron chi connectivity index (χ1n) is 6.57. The maximum Gasteiger partial charge on any atom is 0.143 e. The molecule has 0 amide bonds. The molecule has 102 valence electrons. The standard InChI is InChI=1S/C14H14FN5/c15-13-4-1-5-14(12(13)7-16)20-6-2-3-11(20)8-19-10-17-9-18-19/h1,4-5,9-11H,2-3,6,8H2. The minimum absolute atomic E-state index is 0.123. The van der Waals surface area contributed by atoms with Crippen LogP contribution >= 0.6 is 0 Å². The molecule has 0 N–H and O–H groups in total. The molecule has 3 rings (SSSR count). The number of hydrogen-bond donors (Lipinski definition) is 0. The van der Waals surface area contributed by atoms with Crippen molar-refractivity contribution >= 4 is 5.69 Å². The van der Waals surface area contributed by atoms with Crippen LogP contribution in [-0.2, 0) is 6.54 Å². The lowest BCUT2D eigenvalue weighted by molar-refractivity contribution is 0.507. The zero-order valence-electron chi connectivity index (χ0n) is 10.9. The maximum atomic E-state index is 13.7. The van der Waals surface area contributed by atoms with Gasteiger partial charge in [0.2, 0.25) is 0 Å². The Labute approximate surface area is 116 Å². The second-order valence-electron chi connectivity index (χ2n) is 4.85. The third-order valence-corrected chi connectivity index (χ3v) is 3.65. The van der Waals surface area contributed by atoms with Crippen LogP contribution in [-0.4, -0.2) is 27.4 Å². The Morgan fingerprint density at radius 2 is 2.35 bits per heavy atom. The molecule has 0 bridgehead atoms. The van der Waals surface area contributed by atoms with Gasteiger partial charge >= 0.3 is 0 Å². The zero-order chi connectivity index (χ0) is 13.9. The van der Waals surface area contributed by atoms with Gasteiger partial charge in [-0.05, 0) is 25.0 Å². The molecule has 0 aliphatic carbocycles. The summed E-state index contributed by atoms with van der Waals surface area (Å²) < 4.78 is 15.5. The predicted octanol–water partition coefficient (Wildman–Crippen LogP) is 1.96. The summed E-state index contributed by atoms with van der Waals surface area (Å²) in [5.74, 6) is -0.462. The second kappa shape index (κ2) is 5.29. The molecule has 1 aliphatic rings. The Kier molecular flexibility index (Phi) is 3.33. The molecule has 0 radical (unpaired) electrons. The lowest BCUT2D eigenvalue weighted by Crippen LogP contribution is -2.33. The third-order valence-electron chi connectivity index (χ3n) is 3.65. The van der Waals surface area contributed by atoms with Gasteiger partial charge in [0.05, 0.1) is 12.2 Å². The molecule has 1 aromatic heterocycles. The molecule has 1 saturated heterocycles. The summed E-state index contributed by atoms with van der Waals surface area (Å²) in [6.07, 6.45) is 5.21. The highest BCUT2D eigenvalue weighted by molar-refractivity contribution is 5.61. The van der Waals surface area contributed by atoms with Crippen LogP contribution in [0.4, 0.5) is 10.1 Å². The van der Waals surface area contributed by atoms with Gasteiger partial charge in [0.1, 0.15) is 30.1 Å². The first kappa shape index (κ1) is 12.6. The number of hydrogen-bond acceptors (Lipinski definition) is 4. The van der Waals surface area contributed by atoms with E-state index in [0.717, 1.165) is 19.4 Å². The summed E-state index contributed by atoms with van der Waals surface area (Å²) in [6, 6.07) is 6.96. The van der Waals surface area contributed by atoms with Crippen molar-refractivity contribution in [3.05, 3.63) is 42.2 Å². The van der Waals surface area contributed by atoms with E-state index in [4.69, 9.17) is 5.26 Å². The van der Waals surface area contributed by atoms with Gasteiger partial charge in [0, 0.05) is 12.6 Å². The van der Waals surface area contributed by atoms with Crippen LogP contribution in [0.3, 0.4) is 0 Å². The molecule has 2 aromatic rings. The molecular weight excluding hydrogens is 257 g/mol. The van der Waals surface area contributed by atoms with Crippen molar-refractivity contribution in [2.75, 3.05) is 11.4 Å². The largest absolute Gasteiger partial charge is 0.366 e. The highest BCUT2D eigenvalue weighted by Gasteiger charge is 2.27. The molecule has 6 heteroatoms. The van der Waals surface area contributed by atoms with E-state index in [-0.39, 0.29) is 11.6 Å². The Hall–Kier alpha value is -2.42. The fourth-order valence-corrected chi connectivity index (χ4v) is 2.75. The van der Waals surface area contributed by atoms with Crippen molar-refractivity contribution in [3.63, 3.8) is 0 Å². The van der Waals surface area contributed by atoms with Gasteiger partial charge in [-0.1, -0.05) is 6.07 Å². The molecule has 0 spiro atoms. The maximum absolute atomic E-state index is 13.7. The van der Waals surface area contributed by atoms with E-state index in [1.54, 1.807) is 23.1 Å². The third kappa shape index (κ3) is 2.23. The van der Waals surface area contributed by atoms with Crippen molar-refractivity contribution in [1.82, 2.24) is 14.8 Å². The van der Waals surface area contributed by atoms with Crippen molar-refractivity contribution in [1.29, 1.82) is 5.26 Å². The monoisotopic (exact) mass is 271 g/mol. The van der Waals surface area contributed by atoms with E-state index in [1.807, 2.05) is 6.07 Å². The van der Waals surface area contributed by atoms with Crippen LogP contribution in [0.15, 0.2) is 30.9 Å². The number of nitrogens with zero attached hydrogens (tertiary/aromatic N) is 5. The van der Waals surface area contributed by atoms with E-state index in [2.05, 4.69) is 15.0 Å². The van der Waals surface area contributed by atoms with E-state index in [1.165, 1.54) is 12.4 Å². The summed E-state index contributed by atoms with van der Waals surface area (Å²) in [5, 5.41) is 13.3. The van der Waals surface area contributed by atoms with Gasteiger partial charge in [0.25, 0.3) is 0 Å². The smallest absolute Gasteiger partial charge is 0.143 e. The summed E-state index contributed by atoms with van der Waals surface area (Å²) in [4.78, 5) is 6.03. The van der Waals surface area contributed by atoms with Gasteiger partial charge in [-0.2, -0.15) is 10.4 Å². The molecule has 5 nitrogen and oxygen atoms in total. The van der Waals surface area contributed by atoms with Crippen molar-refractivity contribution in [2.24, 2.45) is 0 Å². The molecule has 1 unspecified atom stereocenters. The van der Waals surface area contributed by atoms with Gasteiger partial charge in [-0.3, -0.25) is 4.68 Å². The number of rotatable bonds is 3. The molecular formula is C14H14FN5. The molecule has 1 atom stereocenters. The summed E-state index contributed by atoms with van der Waals surface area (Å²) in [7, 11) is 0. The summed E-state index contributed by atoms with van der Waals surface area (Å²) in [5.41, 5.74) is 0.799. The first-order valence-corrected chi connectivity index (χ1v) is 6.57. The molecule has 1 fully saturated rings. The van der Waals surface area contributed by atoms with Crippen molar-refractivity contribution in [2.45, 2.75) is 25.4 Å². The summed E-state index contributed by atoms with van der Waals surface area (Å²) >= 11 is 0. The van der Waals surface area contributed by atoms with Crippen LogP contribution in [0.1, 0.15) is 18.4 Å². The molecule has 2 heterocycles. The van der Waals surface area contributed by atoms with Crippen LogP contribution in [0, 0.1) is 17.1 Å². The highest BCUT2D eigenvalue weighted by Crippen LogP contribution is 2.30. The van der Waals surface area contributed by atoms with Crippen molar-refractivity contribution < 1.29 is 4.39 Å². The highest BCUT2D eigenvalue weighted by atomic mass is 19.1. The molecule has 0 saturated carbocycles. The van der Waals surface area contributed by atoms with Crippen LogP contribution < -0.4 is 4.90 Å². The zero-order valence-corrected chi connectivity index (χ0v) is 10.9. The molecule has 1 aliphatic heterocycles. The SMILES string of the molecule is N#Cc1c(F)cccc1N1CCCC1Cn1cncn1. The van der Waals surface area contributed by atoms with Crippen LogP contribution in [0.25, 0.3) is 0 Å². The normalized spacial score (nSPS) is 18.2.